The first-order chi connectivity index (χ1) is 9.08. The summed E-state index contributed by atoms with van der Waals surface area (Å²) >= 11 is 5.69. The van der Waals surface area contributed by atoms with Crippen molar-refractivity contribution in [2.75, 3.05) is 13.2 Å². The lowest BCUT2D eigenvalue weighted by Crippen LogP contribution is -2.39. The fraction of sp³-hybridized carbons (Fsp3) is 0.500. The normalized spacial score (nSPS) is 16.4. The molecule has 1 heterocycles. The molecule has 1 saturated heterocycles. The zero-order valence-corrected chi connectivity index (χ0v) is 11.6. The van der Waals surface area contributed by atoms with Crippen LogP contribution in [0, 0.1) is 12.7 Å². The molecule has 1 aromatic carbocycles. The van der Waals surface area contributed by atoms with Gasteiger partial charge in [-0.25, -0.2) is 4.39 Å². The third-order valence-electron chi connectivity index (χ3n) is 3.39. The summed E-state index contributed by atoms with van der Waals surface area (Å²) < 4.78 is 18.9. The molecule has 1 amide bonds. The van der Waals surface area contributed by atoms with Crippen LogP contribution >= 0.6 is 11.6 Å². The lowest BCUT2D eigenvalue weighted by Gasteiger charge is -2.23. The minimum absolute atomic E-state index is 0.0864. The summed E-state index contributed by atoms with van der Waals surface area (Å²) in [6.45, 7) is 3.00. The van der Waals surface area contributed by atoms with E-state index < -0.39 is 5.82 Å². The van der Waals surface area contributed by atoms with Gasteiger partial charge in [-0.15, -0.1) is 0 Å². The summed E-state index contributed by atoms with van der Waals surface area (Å²) in [5.41, 5.74) is 1.11. The monoisotopic (exact) mass is 285 g/mol. The zero-order chi connectivity index (χ0) is 13.8. The number of hydrogen-bond donors (Lipinski definition) is 1. The molecule has 0 aromatic heterocycles. The van der Waals surface area contributed by atoms with E-state index in [2.05, 4.69) is 5.32 Å². The van der Waals surface area contributed by atoms with E-state index in [1.54, 1.807) is 13.0 Å². The van der Waals surface area contributed by atoms with Crippen molar-refractivity contribution in [2.45, 2.75) is 32.2 Å². The van der Waals surface area contributed by atoms with E-state index in [0.717, 1.165) is 12.8 Å². The third-order valence-corrected chi connectivity index (χ3v) is 3.68. The van der Waals surface area contributed by atoms with E-state index in [9.17, 15) is 9.18 Å². The molecule has 19 heavy (non-hydrogen) atoms. The van der Waals surface area contributed by atoms with Crippen molar-refractivity contribution in [3.05, 3.63) is 34.1 Å². The molecule has 2 rings (SSSR count). The topological polar surface area (TPSA) is 38.3 Å². The largest absolute Gasteiger partial charge is 0.381 e. The van der Waals surface area contributed by atoms with E-state index >= 15 is 0 Å². The summed E-state index contributed by atoms with van der Waals surface area (Å²) in [5, 5.41) is 3.04. The van der Waals surface area contributed by atoms with Gasteiger partial charge in [0.1, 0.15) is 5.82 Å². The maximum absolute atomic E-state index is 13.6. The molecule has 104 valence electrons. The predicted molar refractivity (Wildman–Crippen MR) is 71.8 cm³/mol. The highest BCUT2D eigenvalue weighted by molar-refractivity contribution is 6.30. The molecule has 0 saturated carbocycles. The Bertz CT molecular complexity index is 473. The van der Waals surface area contributed by atoms with Gasteiger partial charge in [-0.3, -0.25) is 4.79 Å². The minimum Gasteiger partial charge on any atom is -0.381 e. The fourth-order valence-corrected chi connectivity index (χ4v) is 2.38. The van der Waals surface area contributed by atoms with Gasteiger partial charge in [-0.05, 0) is 37.0 Å². The molecule has 0 radical (unpaired) electrons. The highest BCUT2D eigenvalue weighted by Crippen LogP contribution is 2.21. The second kappa shape index (κ2) is 6.35. The number of ether oxygens (including phenoxy) is 1. The van der Waals surface area contributed by atoms with Gasteiger partial charge < -0.3 is 10.1 Å². The van der Waals surface area contributed by atoms with Crippen molar-refractivity contribution in [2.24, 2.45) is 0 Å². The maximum atomic E-state index is 13.6. The highest BCUT2D eigenvalue weighted by Gasteiger charge is 2.17. The van der Waals surface area contributed by atoms with E-state index in [1.165, 1.54) is 6.07 Å². The van der Waals surface area contributed by atoms with Crippen LogP contribution in [0.1, 0.15) is 24.0 Å². The Labute approximate surface area is 117 Å². The van der Waals surface area contributed by atoms with Gasteiger partial charge in [0.25, 0.3) is 0 Å². The summed E-state index contributed by atoms with van der Waals surface area (Å²) in [4.78, 5) is 11.9. The number of hydrogen-bond acceptors (Lipinski definition) is 2. The second-order valence-electron chi connectivity index (χ2n) is 4.78. The standard InChI is InChI=1S/C14H17ClFNO2/c1-9-10(2-3-12(15)14(9)16)8-13(18)17-11-4-6-19-7-5-11/h2-3,11H,4-8H2,1H3,(H,17,18). The number of rotatable bonds is 3. The van der Waals surface area contributed by atoms with E-state index in [1.807, 2.05) is 0 Å². The Morgan fingerprint density at radius 1 is 1.47 bits per heavy atom. The van der Waals surface area contributed by atoms with Crippen LogP contribution in [0.5, 0.6) is 0 Å². The van der Waals surface area contributed by atoms with Crippen molar-refractivity contribution in [3.8, 4) is 0 Å². The van der Waals surface area contributed by atoms with E-state index in [-0.39, 0.29) is 23.4 Å². The number of carbonyl (C=O) groups excluding carboxylic acids is 1. The van der Waals surface area contributed by atoms with Gasteiger partial charge in [0.15, 0.2) is 0 Å². The fourth-order valence-electron chi connectivity index (χ4n) is 2.18. The SMILES string of the molecule is Cc1c(CC(=O)NC2CCOCC2)ccc(Cl)c1F. The first kappa shape index (κ1) is 14.3. The van der Waals surface area contributed by atoms with Crippen LogP contribution in [-0.4, -0.2) is 25.2 Å². The summed E-state index contributed by atoms with van der Waals surface area (Å²) in [5.74, 6) is -0.533. The predicted octanol–water partition coefficient (Wildman–Crippen LogP) is 2.63. The molecule has 1 aliphatic rings. The van der Waals surface area contributed by atoms with Crippen molar-refractivity contribution >= 4 is 17.5 Å². The molecule has 3 nitrogen and oxygen atoms in total. The van der Waals surface area contributed by atoms with Crippen LogP contribution in [0.4, 0.5) is 4.39 Å². The van der Waals surface area contributed by atoms with Crippen molar-refractivity contribution in [1.82, 2.24) is 5.32 Å². The van der Waals surface area contributed by atoms with E-state index in [0.29, 0.717) is 24.3 Å². The van der Waals surface area contributed by atoms with Crippen molar-refractivity contribution < 1.29 is 13.9 Å². The van der Waals surface area contributed by atoms with E-state index in [4.69, 9.17) is 16.3 Å². The third kappa shape index (κ3) is 3.67. The number of amides is 1. The zero-order valence-electron chi connectivity index (χ0n) is 10.8. The Kier molecular flexibility index (Phi) is 4.77. The van der Waals surface area contributed by atoms with Gasteiger partial charge in [-0.1, -0.05) is 17.7 Å². The first-order valence-corrected chi connectivity index (χ1v) is 6.76. The van der Waals surface area contributed by atoms with Crippen molar-refractivity contribution in [3.63, 3.8) is 0 Å². The average Bonchev–Trinajstić information content (AvgIpc) is 2.41. The smallest absolute Gasteiger partial charge is 0.224 e. The maximum Gasteiger partial charge on any atom is 0.224 e. The second-order valence-corrected chi connectivity index (χ2v) is 5.18. The Balaban J connectivity index is 1.97. The molecule has 0 spiro atoms. The molecule has 0 bridgehead atoms. The minimum atomic E-state index is -0.446. The lowest BCUT2D eigenvalue weighted by atomic mass is 10.0. The molecule has 1 fully saturated rings. The van der Waals surface area contributed by atoms with Crippen LogP contribution in [0.25, 0.3) is 0 Å². The molecule has 1 N–H and O–H groups in total. The number of halogens is 2. The summed E-state index contributed by atoms with van der Waals surface area (Å²) in [7, 11) is 0. The number of benzene rings is 1. The van der Waals surface area contributed by atoms with Crippen LogP contribution in [0.15, 0.2) is 12.1 Å². The quantitative estimate of drug-likeness (QED) is 0.927. The molecule has 1 aromatic rings. The van der Waals surface area contributed by atoms with Gasteiger partial charge in [-0.2, -0.15) is 0 Å². The average molecular weight is 286 g/mol. The Morgan fingerprint density at radius 3 is 2.84 bits per heavy atom. The lowest BCUT2D eigenvalue weighted by molar-refractivity contribution is -0.121. The first-order valence-electron chi connectivity index (χ1n) is 6.38. The number of nitrogens with one attached hydrogen (secondary N) is 1. The summed E-state index contributed by atoms with van der Waals surface area (Å²) in [6.07, 6.45) is 1.84. The number of carbonyl (C=O) groups is 1. The summed E-state index contributed by atoms with van der Waals surface area (Å²) in [6, 6.07) is 3.35. The van der Waals surface area contributed by atoms with Gasteiger partial charge >= 0.3 is 0 Å². The van der Waals surface area contributed by atoms with Crippen LogP contribution in [0.3, 0.4) is 0 Å². The van der Waals surface area contributed by atoms with Crippen LogP contribution in [0.2, 0.25) is 5.02 Å². The molecule has 0 atom stereocenters. The van der Waals surface area contributed by atoms with Crippen molar-refractivity contribution in [1.29, 1.82) is 0 Å². The molecular weight excluding hydrogens is 269 g/mol. The van der Waals surface area contributed by atoms with Gasteiger partial charge in [0, 0.05) is 19.3 Å². The molecule has 1 aliphatic heterocycles. The molecule has 0 unspecified atom stereocenters. The molecular formula is C14H17ClFNO2. The molecule has 5 heteroatoms. The Hall–Kier alpha value is -1.13. The van der Waals surface area contributed by atoms with Crippen LogP contribution in [-0.2, 0) is 16.0 Å². The Morgan fingerprint density at radius 2 is 2.16 bits per heavy atom. The molecule has 0 aliphatic carbocycles. The highest BCUT2D eigenvalue weighted by atomic mass is 35.5. The van der Waals surface area contributed by atoms with Gasteiger partial charge in [0.2, 0.25) is 5.91 Å². The van der Waals surface area contributed by atoms with Gasteiger partial charge in [0.05, 0.1) is 11.4 Å². The van der Waals surface area contributed by atoms with Crippen LogP contribution < -0.4 is 5.32 Å².